The lowest BCUT2D eigenvalue weighted by atomic mass is 10.1. The van der Waals surface area contributed by atoms with Crippen LogP contribution in [0.2, 0.25) is 0 Å². The first kappa shape index (κ1) is 22.0. The maximum atomic E-state index is 12.0. The van der Waals surface area contributed by atoms with Crippen LogP contribution < -0.4 is 16.0 Å². The smallest absolute Gasteiger partial charge is 0.239 e. The van der Waals surface area contributed by atoms with E-state index in [1.54, 1.807) is 7.05 Å². The van der Waals surface area contributed by atoms with Crippen LogP contribution in [0.15, 0.2) is 35.3 Å². The number of carbonyl (C=O) groups is 1. The third-order valence-corrected chi connectivity index (χ3v) is 4.05. The fourth-order valence-electron chi connectivity index (χ4n) is 2.84. The number of hydrogen-bond acceptors (Lipinski definition) is 3. The maximum absolute atomic E-state index is 12.0. The molecule has 26 heavy (non-hydrogen) atoms. The fourth-order valence-corrected chi connectivity index (χ4v) is 2.84. The van der Waals surface area contributed by atoms with Crippen molar-refractivity contribution in [1.82, 2.24) is 20.9 Å². The Morgan fingerprint density at radius 1 is 1.12 bits per heavy atom. The molecule has 0 bridgehead atoms. The number of nitrogens with zero attached hydrogens (tertiary/aromatic N) is 2. The van der Waals surface area contributed by atoms with Gasteiger partial charge < -0.3 is 16.0 Å². The molecule has 1 unspecified atom stereocenters. The molecular formula is C20H35N5O. The van der Waals surface area contributed by atoms with Crippen LogP contribution in [0.5, 0.6) is 0 Å². The van der Waals surface area contributed by atoms with Crippen molar-refractivity contribution in [3.05, 3.63) is 35.9 Å². The second kappa shape index (κ2) is 10.8. The Labute approximate surface area is 158 Å². The lowest BCUT2D eigenvalue weighted by Gasteiger charge is -2.31. The first-order valence-corrected chi connectivity index (χ1v) is 9.35. The molecule has 0 radical (unpaired) electrons. The first-order chi connectivity index (χ1) is 12.3. The molecule has 0 saturated carbocycles. The Bertz CT molecular complexity index is 561. The number of carbonyl (C=O) groups excluding carboxylic acids is 1. The summed E-state index contributed by atoms with van der Waals surface area (Å²) < 4.78 is 0. The summed E-state index contributed by atoms with van der Waals surface area (Å²) in [6.07, 6.45) is 0. The highest BCUT2D eigenvalue weighted by molar-refractivity contribution is 5.86. The van der Waals surface area contributed by atoms with E-state index in [-0.39, 0.29) is 24.0 Å². The Morgan fingerprint density at radius 2 is 1.73 bits per heavy atom. The summed E-state index contributed by atoms with van der Waals surface area (Å²) in [5.41, 5.74) is 1.03. The summed E-state index contributed by atoms with van der Waals surface area (Å²) in [4.78, 5) is 18.6. The van der Waals surface area contributed by atoms with Gasteiger partial charge in [-0.2, -0.15) is 0 Å². The zero-order valence-electron chi connectivity index (χ0n) is 17.1. The number of amides is 1. The van der Waals surface area contributed by atoms with Gasteiger partial charge >= 0.3 is 0 Å². The number of guanidine groups is 1. The summed E-state index contributed by atoms with van der Waals surface area (Å²) in [6, 6.07) is 10.7. The predicted molar refractivity (Wildman–Crippen MR) is 109 cm³/mol. The van der Waals surface area contributed by atoms with E-state index in [4.69, 9.17) is 0 Å². The largest absolute Gasteiger partial charge is 0.354 e. The molecule has 0 aliphatic heterocycles. The van der Waals surface area contributed by atoms with Gasteiger partial charge in [0.1, 0.15) is 0 Å². The fraction of sp³-hybridized carbons (Fsp3) is 0.600. The Balaban J connectivity index is 2.66. The number of likely N-dealkylation sites (N-methyl/N-ethyl adjacent to an activating group) is 1. The molecule has 6 nitrogen and oxygen atoms in total. The van der Waals surface area contributed by atoms with E-state index in [0.29, 0.717) is 12.5 Å². The molecule has 6 heteroatoms. The average Bonchev–Trinajstić information content (AvgIpc) is 2.60. The summed E-state index contributed by atoms with van der Waals surface area (Å²) in [5.74, 6) is 0.575. The predicted octanol–water partition coefficient (Wildman–Crippen LogP) is 2.15. The van der Waals surface area contributed by atoms with Crippen molar-refractivity contribution in [3.8, 4) is 0 Å². The van der Waals surface area contributed by atoms with E-state index in [0.717, 1.165) is 13.1 Å². The van der Waals surface area contributed by atoms with Crippen LogP contribution in [0.4, 0.5) is 0 Å². The van der Waals surface area contributed by atoms with Gasteiger partial charge in [-0.05, 0) is 39.4 Å². The van der Waals surface area contributed by atoms with E-state index in [1.165, 1.54) is 5.56 Å². The van der Waals surface area contributed by atoms with E-state index in [1.807, 2.05) is 26.8 Å². The molecule has 0 spiro atoms. The monoisotopic (exact) mass is 361 g/mol. The van der Waals surface area contributed by atoms with E-state index >= 15 is 0 Å². The van der Waals surface area contributed by atoms with Gasteiger partial charge in [0.15, 0.2) is 5.96 Å². The van der Waals surface area contributed by atoms with E-state index in [9.17, 15) is 4.79 Å². The van der Waals surface area contributed by atoms with Crippen molar-refractivity contribution in [3.63, 3.8) is 0 Å². The van der Waals surface area contributed by atoms with Crippen molar-refractivity contribution in [1.29, 1.82) is 0 Å². The summed E-state index contributed by atoms with van der Waals surface area (Å²) in [5, 5.41) is 9.37. The third kappa shape index (κ3) is 7.87. The molecule has 0 aromatic heterocycles. The molecule has 0 saturated heterocycles. The molecule has 1 rings (SSSR count). The number of hydrogen-bond donors (Lipinski definition) is 3. The average molecular weight is 362 g/mol. The van der Waals surface area contributed by atoms with Crippen LogP contribution in [-0.2, 0) is 4.79 Å². The second-order valence-corrected chi connectivity index (χ2v) is 7.25. The van der Waals surface area contributed by atoms with Crippen LogP contribution >= 0.6 is 0 Å². The lowest BCUT2D eigenvalue weighted by molar-refractivity contribution is -0.121. The van der Waals surface area contributed by atoms with Gasteiger partial charge in [0.25, 0.3) is 0 Å². The molecule has 1 atom stereocenters. The van der Waals surface area contributed by atoms with Crippen LogP contribution in [0.3, 0.4) is 0 Å². The van der Waals surface area contributed by atoms with Gasteiger partial charge in [0.2, 0.25) is 5.91 Å². The number of benzene rings is 1. The normalized spacial score (nSPS) is 13.4. The van der Waals surface area contributed by atoms with Gasteiger partial charge in [-0.3, -0.25) is 14.7 Å². The molecule has 0 aliphatic rings. The molecule has 146 valence electrons. The Hall–Kier alpha value is -2.08. The van der Waals surface area contributed by atoms with Gasteiger partial charge in [0.05, 0.1) is 12.6 Å². The molecule has 0 fully saturated rings. The Kier molecular flexibility index (Phi) is 9.13. The minimum absolute atomic E-state index is 0.0520. The van der Waals surface area contributed by atoms with Crippen LogP contribution in [-0.4, -0.2) is 55.5 Å². The van der Waals surface area contributed by atoms with Crippen molar-refractivity contribution < 1.29 is 4.79 Å². The van der Waals surface area contributed by atoms with Gasteiger partial charge in [-0.1, -0.05) is 44.2 Å². The molecule has 3 N–H and O–H groups in total. The summed E-state index contributed by atoms with van der Waals surface area (Å²) >= 11 is 0. The zero-order valence-corrected chi connectivity index (χ0v) is 17.1. The molecule has 1 aromatic carbocycles. The SMILES string of the molecule is CCN(CC)C(CNC(=NC)NCC(=O)NC(C)(C)C)c1ccccc1. The molecular weight excluding hydrogens is 326 g/mol. The second-order valence-electron chi connectivity index (χ2n) is 7.25. The first-order valence-electron chi connectivity index (χ1n) is 9.35. The van der Waals surface area contributed by atoms with E-state index in [2.05, 4.69) is 64.0 Å². The summed E-state index contributed by atoms with van der Waals surface area (Å²) in [7, 11) is 1.71. The van der Waals surface area contributed by atoms with Crippen molar-refractivity contribution in [2.45, 2.75) is 46.2 Å². The van der Waals surface area contributed by atoms with Gasteiger partial charge in [0, 0.05) is 19.1 Å². The summed E-state index contributed by atoms with van der Waals surface area (Å²) in [6.45, 7) is 13.1. The lowest BCUT2D eigenvalue weighted by Crippen LogP contribution is -2.49. The highest BCUT2D eigenvalue weighted by Gasteiger charge is 2.18. The van der Waals surface area contributed by atoms with E-state index < -0.39 is 0 Å². The highest BCUT2D eigenvalue weighted by Crippen LogP contribution is 2.19. The van der Waals surface area contributed by atoms with Crippen LogP contribution in [0, 0.1) is 0 Å². The Morgan fingerprint density at radius 3 is 2.23 bits per heavy atom. The number of rotatable bonds is 8. The van der Waals surface area contributed by atoms with Crippen molar-refractivity contribution in [2.75, 3.05) is 33.2 Å². The van der Waals surface area contributed by atoms with Crippen LogP contribution in [0.1, 0.15) is 46.2 Å². The maximum Gasteiger partial charge on any atom is 0.239 e. The topological polar surface area (TPSA) is 68.8 Å². The zero-order chi connectivity index (χ0) is 19.6. The molecule has 0 heterocycles. The molecule has 1 amide bonds. The molecule has 1 aromatic rings. The quantitative estimate of drug-likeness (QED) is 0.490. The number of nitrogens with one attached hydrogen (secondary N) is 3. The minimum atomic E-state index is -0.239. The third-order valence-electron chi connectivity index (χ3n) is 4.05. The van der Waals surface area contributed by atoms with Crippen molar-refractivity contribution >= 4 is 11.9 Å². The van der Waals surface area contributed by atoms with Crippen LogP contribution in [0.25, 0.3) is 0 Å². The highest BCUT2D eigenvalue weighted by atomic mass is 16.2. The minimum Gasteiger partial charge on any atom is -0.354 e. The standard InChI is InChI=1S/C20H35N5O/c1-7-25(8-2)17(16-12-10-9-11-13-16)14-22-19(21-6)23-15-18(26)24-20(3,4)5/h9-13,17H,7-8,14-15H2,1-6H3,(H,24,26)(H2,21,22,23). The van der Waals surface area contributed by atoms with Gasteiger partial charge in [-0.25, -0.2) is 0 Å². The molecule has 0 aliphatic carbocycles. The van der Waals surface area contributed by atoms with Crippen molar-refractivity contribution in [2.24, 2.45) is 4.99 Å². The van der Waals surface area contributed by atoms with Gasteiger partial charge in [-0.15, -0.1) is 0 Å². The number of aliphatic imine (C=N–C) groups is 1.